The van der Waals surface area contributed by atoms with Crippen LogP contribution >= 0.6 is 11.3 Å². The van der Waals surface area contributed by atoms with Crippen molar-refractivity contribution in [3.63, 3.8) is 0 Å². The highest BCUT2D eigenvalue weighted by Crippen LogP contribution is 2.45. The average Bonchev–Trinajstić information content (AvgIpc) is 3.56. The number of benzene rings is 1. The number of carboxylic acids is 1. The van der Waals surface area contributed by atoms with Crippen LogP contribution in [-0.2, 0) is 23.9 Å². The first kappa shape index (κ1) is 43.3. The number of amides is 4. The van der Waals surface area contributed by atoms with Crippen LogP contribution in [0.2, 0.25) is 0 Å². The number of fused-ring (bicyclic) bond motifs is 1. The van der Waals surface area contributed by atoms with E-state index in [0.717, 1.165) is 31.2 Å². The molecule has 3 aliphatic rings. The summed E-state index contributed by atoms with van der Waals surface area (Å²) >= 11 is 1.27. The highest BCUT2D eigenvalue weighted by Gasteiger charge is 2.61. The number of aliphatic carboxylic acids is 1. The number of rotatable bonds is 13. The lowest BCUT2D eigenvalue weighted by molar-refractivity contribution is -0.146. The first-order chi connectivity index (χ1) is 27.7. The Kier molecular flexibility index (Phi) is 12.3. The van der Waals surface area contributed by atoms with Gasteiger partial charge in [0.25, 0.3) is 0 Å². The summed E-state index contributed by atoms with van der Waals surface area (Å²) < 4.78 is 18.0. The van der Waals surface area contributed by atoms with E-state index in [1.807, 2.05) is 54.5 Å². The third-order valence-electron chi connectivity index (χ3n) is 11.2. The number of carbonyl (C=O) groups is 5. The number of methoxy groups -OCH3 is 1. The third kappa shape index (κ3) is 9.63. The summed E-state index contributed by atoms with van der Waals surface area (Å²) in [6.45, 7) is 16.9. The van der Waals surface area contributed by atoms with Gasteiger partial charge in [0.1, 0.15) is 47.0 Å². The van der Waals surface area contributed by atoms with E-state index in [9.17, 15) is 29.1 Å². The number of pyridine rings is 1. The molecule has 2 aromatic heterocycles. The van der Waals surface area contributed by atoms with Crippen molar-refractivity contribution in [2.45, 2.75) is 123 Å². The molecule has 15 nitrogen and oxygen atoms in total. The molecule has 0 bridgehead atoms. The van der Waals surface area contributed by atoms with Crippen molar-refractivity contribution in [2.75, 3.05) is 19.0 Å². The molecular formula is C43H56N6O9S. The Balaban J connectivity index is 1.33. The van der Waals surface area contributed by atoms with E-state index >= 15 is 0 Å². The highest BCUT2D eigenvalue weighted by atomic mass is 32.1. The quantitative estimate of drug-likeness (QED) is 0.135. The molecule has 3 fully saturated rings. The zero-order chi connectivity index (χ0) is 43.0. The van der Waals surface area contributed by atoms with Gasteiger partial charge in [-0.1, -0.05) is 47.6 Å². The number of thiazole rings is 1. The van der Waals surface area contributed by atoms with Gasteiger partial charge in [-0.2, -0.15) is 0 Å². The molecule has 5 atom stereocenters. The molecule has 4 N–H and O–H groups in total. The standard InChI is InChI=1S/C43H56N6O9S/c1-10-24-19-43(24,38(53)54)48-36(51)30-17-26(21-49(30)37(52)35(42(6,7)8)47-40(55)58-25-13-11-12-14-25)57-32-18-28(44-34-23(2)31(56-9)16-15-27(32)34)29-22-59-39(45-29)46-33(50)20-41(3,4)5/h10,15-16,18,22,24-26,30,35H,1,11-14,17,19-21H2,2-9H3,(H,47,55)(H,48,51)(H,53,54)(H,45,46,50)/t24?,26-,30+,35-,43?/m1/s1. The van der Waals surface area contributed by atoms with Gasteiger partial charge in [0.15, 0.2) is 5.13 Å². The zero-order valence-corrected chi connectivity index (χ0v) is 35.9. The van der Waals surface area contributed by atoms with E-state index in [0.29, 0.717) is 45.3 Å². The Hall–Kier alpha value is -5.25. The number of nitrogens with one attached hydrogen (secondary N) is 3. The van der Waals surface area contributed by atoms with Gasteiger partial charge < -0.3 is 40.2 Å². The summed E-state index contributed by atoms with van der Waals surface area (Å²) in [4.78, 5) is 78.1. The van der Waals surface area contributed by atoms with Crippen LogP contribution in [0, 0.1) is 23.7 Å². The highest BCUT2D eigenvalue weighted by molar-refractivity contribution is 7.14. The molecule has 3 heterocycles. The van der Waals surface area contributed by atoms with Crippen LogP contribution < -0.4 is 25.4 Å². The normalized spacial score (nSPS) is 22.4. The maximum absolute atomic E-state index is 14.7. The Bertz CT molecular complexity index is 2130. The van der Waals surface area contributed by atoms with E-state index in [1.165, 1.54) is 22.3 Å². The number of aryl methyl sites for hydroxylation is 1. The van der Waals surface area contributed by atoms with Crippen LogP contribution in [-0.4, -0.2) is 93.2 Å². The number of nitrogens with zero attached hydrogens (tertiary/aromatic N) is 3. The maximum atomic E-state index is 14.7. The Labute approximate surface area is 348 Å². The van der Waals surface area contributed by atoms with Crippen LogP contribution in [0.15, 0.2) is 36.2 Å². The molecule has 1 saturated heterocycles. The lowest BCUT2D eigenvalue weighted by Crippen LogP contribution is -2.59. The molecule has 2 saturated carbocycles. The van der Waals surface area contributed by atoms with E-state index < -0.39 is 58.9 Å². The van der Waals surface area contributed by atoms with Gasteiger partial charge in [0, 0.05) is 41.2 Å². The third-order valence-corrected chi connectivity index (χ3v) is 11.9. The fourth-order valence-electron chi connectivity index (χ4n) is 7.92. The minimum absolute atomic E-state index is 0.0182. The molecule has 0 radical (unpaired) electrons. The monoisotopic (exact) mass is 832 g/mol. The van der Waals surface area contributed by atoms with Gasteiger partial charge >= 0.3 is 12.1 Å². The number of carboxylic acid groups (broad SMARTS) is 1. The van der Waals surface area contributed by atoms with Crippen molar-refractivity contribution in [1.82, 2.24) is 25.5 Å². The molecule has 1 aromatic carbocycles. The molecule has 59 heavy (non-hydrogen) atoms. The summed E-state index contributed by atoms with van der Waals surface area (Å²) in [5.74, 6) is -1.99. The van der Waals surface area contributed by atoms with E-state index in [4.69, 9.17) is 19.2 Å². The fraction of sp³-hybridized carbons (Fsp3) is 0.558. The number of likely N-dealkylation sites (tertiary alicyclic amines) is 1. The molecule has 3 aromatic rings. The summed E-state index contributed by atoms with van der Waals surface area (Å²) in [5.41, 5.74) is -0.263. The summed E-state index contributed by atoms with van der Waals surface area (Å²) in [5, 5.41) is 21.4. The smallest absolute Gasteiger partial charge is 0.408 e. The molecule has 2 unspecified atom stereocenters. The van der Waals surface area contributed by atoms with Gasteiger partial charge in [0.2, 0.25) is 17.7 Å². The number of ether oxygens (including phenoxy) is 3. The molecule has 4 amide bonds. The SMILES string of the molecule is C=CC1CC1(NC(=O)[C@@H]1C[C@@H](Oc2cc(-c3csc(NC(=O)CC(C)(C)C)n3)nc3c(C)c(OC)ccc23)CN1C(=O)[C@@H](NC(=O)OC1CCCC1)C(C)(C)C)C(=O)O. The topological polar surface area (TPSA) is 198 Å². The predicted molar refractivity (Wildman–Crippen MR) is 223 cm³/mol. The van der Waals surface area contributed by atoms with Crippen LogP contribution in [0.1, 0.15) is 92.1 Å². The molecule has 6 rings (SSSR count). The second-order valence-corrected chi connectivity index (χ2v) is 19.0. The number of carbonyl (C=O) groups excluding carboxylic acids is 4. The number of alkyl carbamates (subject to hydrolysis) is 1. The number of hydrogen-bond donors (Lipinski definition) is 4. The number of aromatic nitrogens is 2. The van der Waals surface area contributed by atoms with Gasteiger partial charge in [-0.25, -0.2) is 19.6 Å². The molecule has 2 aliphatic carbocycles. The lowest BCUT2D eigenvalue weighted by Gasteiger charge is -2.35. The van der Waals surface area contributed by atoms with Crippen molar-refractivity contribution in [2.24, 2.45) is 16.7 Å². The molecule has 1 aliphatic heterocycles. The van der Waals surface area contributed by atoms with E-state index in [1.54, 1.807) is 24.6 Å². The van der Waals surface area contributed by atoms with Crippen molar-refractivity contribution in [3.05, 3.63) is 41.8 Å². The largest absolute Gasteiger partial charge is 0.496 e. The summed E-state index contributed by atoms with van der Waals surface area (Å²) in [6, 6.07) is 3.13. The predicted octanol–water partition coefficient (Wildman–Crippen LogP) is 6.63. The second kappa shape index (κ2) is 16.8. The van der Waals surface area contributed by atoms with Crippen molar-refractivity contribution in [1.29, 1.82) is 0 Å². The maximum Gasteiger partial charge on any atom is 0.408 e. The zero-order valence-electron chi connectivity index (χ0n) is 35.1. The Morgan fingerprint density at radius 3 is 2.37 bits per heavy atom. The van der Waals surface area contributed by atoms with Gasteiger partial charge in [-0.05, 0) is 62.0 Å². The van der Waals surface area contributed by atoms with Gasteiger partial charge in [-0.3, -0.25) is 14.4 Å². The van der Waals surface area contributed by atoms with Crippen molar-refractivity contribution in [3.8, 4) is 22.9 Å². The molecule has 0 spiro atoms. The Morgan fingerprint density at radius 1 is 1.05 bits per heavy atom. The minimum Gasteiger partial charge on any atom is -0.496 e. The summed E-state index contributed by atoms with van der Waals surface area (Å²) in [7, 11) is 1.57. The number of anilines is 1. The average molecular weight is 833 g/mol. The molecular weight excluding hydrogens is 777 g/mol. The number of hydrogen-bond acceptors (Lipinski definition) is 11. The minimum atomic E-state index is -1.54. The van der Waals surface area contributed by atoms with Crippen LogP contribution in [0.4, 0.5) is 9.93 Å². The van der Waals surface area contributed by atoms with Crippen LogP contribution in [0.5, 0.6) is 11.5 Å². The second-order valence-electron chi connectivity index (χ2n) is 18.2. The van der Waals surface area contributed by atoms with Crippen molar-refractivity contribution < 1.29 is 43.3 Å². The lowest BCUT2D eigenvalue weighted by atomic mass is 9.85. The molecule has 16 heteroatoms. The van der Waals surface area contributed by atoms with E-state index in [2.05, 4.69) is 27.5 Å². The summed E-state index contributed by atoms with van der Waals surface area (Å²) in [6.07, 6.45) is 3.73. The molecule has 318 valence electrons. The first-order valence-electron chi connectivity index (χ1n) is 20.1. The van der Waals surface area contributed by atoms with Gasteiger partial charge in [-0.15, -0.1) is 17.9 Å². The fourth-order valence-corrected chi connectivity index (χ4v) is 8.64. The van der Waals surface area contributed by atoms with Gasteiger partial charge in [0.05, 0.1) is 24.9 Å². The van der Waals surface area contributed by atoms with Crippen LogP contribution in [0.3, 0.4) is 0 Å². The van der Waals surface area contributed by atoms with E-state index in [-0.39, 0.29) is 36.8 Å². The Morgan fingerprint density at radius 2 is 1.76 bits per heavy atom. The first-order valence-corrected chi connectivity index (χ1v) is 21.0. The van der Waals surface area contributed by atoms with Crippen LogP contribution in [0.25, 0.3) is 22.3 Å². The van der Waals surface area contributed by atoms with Crippen molar-refractivity contribution >= 4 is 57.2 Å².